The van der Waals surface area contributed by atoms with Gasteiger partial charge in [0.25, 0.3) is 5.91 Å². The number of aryl methyl sites for hydroxylation is 1. The topological polar surface area (TPSA) is 20.3 Å². The van der Waals surface area contributed by atoms with Crippen molar-refractivity contribution in [3.63, 3.8) is 0 Å². The molecule has 2 nitrogen and oxygen atoms in total. The fourth-order valence-corrected chi connectivity index (χ4v) is 1.69. The van der Waals surface area contributed by atoms with Gasteiger partial charge in [0.2, 0.25) is 0 Å². The zero-order chi connectivity index (χ0) is 13.0. The third kappa shape index (κ3) is 3.55. The second-order valence-corrected chi connectivity index (χ2v) is 4.68. The molecule has 0 N–H and O–H groups in total. The molecule has 1 rings (SSSR count). The highest BCUT2D eigenvalue weighted by Gasteiger charge is 2.17. The van der Waals surface area contributed by atoms with E-state index in [1.54, 1.807) is 24.1 Å². The summed E-state index contributed by atoms with van der Waals surface area (Å²) in [6.45, 7) is 6.67. The van der Waals surface area contributed by atoms with Gasteiger partial charge < -0.3 is 4.90 Å². The van der Waals surface area contributed by atoms with Crippen molar-refractivity contribution in [1.29, 1.82) is 0 Å². The Kier molecular flexibility index (Phi) is 4.67. The molecule has 0 radical (unpaired) electrons. The summed E-state index contributed by atoms with van der Waals surface area (Å²) in [7, 11) is 1.72. The molecular formula is C14H20FNO. The van der Waals surface area contributed by atoms with Crippen LogP contribution in [-0.4, -0.2) is 24.4 Å². The van der Waals surface area contributed by atoms with Gasteiger partial charge in [-0.2, -0.15) is 0 Å². The summed E-state index contributed by atoms with van der Waals surface area (Å²) in [6.07, 6.45) is 1.01. The van der Waals surface area contributed by atoms with Crippen LogP contribution in [0.15, 0.2) is 18.2 Å². The molecule has 0 aromatic heterocycles. The molecular weight excluding hydrogens is 217 g/mol. The molecule has 1 amide bonds. The summed E-state index contributed by atoms with van der Waals surface area (Å²) in [4.78, 5) is 13.6. The van der Waals surface area contributed by atoms with Gasteiger partial charge in [-0.05, 0) is 25.0 Å². The van der Waals surface area contributed by atoms with Crippen LogP contribution in [0.25, 0.3) is 0 Å². The largest absolute Gasteiger partial charge is 0.341 e. The Hall–Kier alpha value is -1.38. The number of benzene rings is 1. The number of carbonyl (C=O) groups is 1. The summed E-state index contributed by atoms with van der Waals surface area (Å²) in [5.41, 5.74) is 1.06. The molecule has 0 saturated heterocycles. The summed E-state index contributed by atoms with van der Waals surface area (Å²) in [5, 5.41) is 0. The average Bonchev–Trinajstić information content (AvgIpc) is 2.31. The highest BCUT2D eigenvalue weighted by molar-refractivity contribution is 5.94. The number of carbonyl (C=O) groups excluding carboxylic acids is 1. The summed E-state index contributed by atoms with van der Waals surface area (Å²) in [6, 6.07) is 4.62. The Labute approximate surface area is 102 Å². The maximum Gasteiger partial charge on any atom is 0.256 e. The Morgan fingerprint density at radius 1 is 1.47 bits per heavy atom. The van der Waals surface area contributed by atoms with Crippen LogP contribution in [0.1, 0.15) is 36.2 Å². The molecule has 0 aliphatic rings. The maximum absolute atomic E-state index is 13.6. The van der Waals surface area contributed by atoms with Gasteiger partial charge in [-0.25, -0.2) is 4.39 Å². The van der Waals surface area contributed by atoms with Crippen LogP contribution in [0, 0.1) is 18.7 Å². The van der Waals surface area contributed by atoms with Crippen LogP contribution >= 0.6 is 0 Å². The number of amides is 1. The quantitative estimate of drug-likeness (QED) is 0.787. The zero-order valence-corrected chi connectivity index (χ0v) is 11.0. The van der Waals surface area contributed by atoms with E-state index >= 15 is 0 Å². The molecule has 3 heteroatoms. The molecule has 1 aromatic carbocycles. The fourth-order valence-electron chi connectivity index (χ4n) is 1.69. The van der Waals surface area contributed by atoms with Crippen LogP contribution in [0.2, 0.25) is 0 Å². The van der Waals surface area contributed by atoms with Gasteiger partial charge in [0.1, 0.15) is 5.82 Å². The average molecular weight is 237 g/mol. The van der Waals surface area contributed by atoms with Crippen molar-refractivity contribution in [2.45, 2.75) is 27.2 Å². The minimum atomic E-state index is -0.448. The second-order valence-electron chi connectivity index (χ2n) is 4.68. The molecule has 0 fully saturated rings. The molecule has 0 saturated carbocycles. The van der Waals surface area contributed by atoms with Crippen LogP contribution in [0.4, 0.5) is 4.39 Å². The predicted molar refractivity (Wildman–Crippen MR) is 67.6 cm³/mol. The number of rotatable bonds is 4. The van der Waals surface area contributed by atoms with E-state index in [9.17, 15) is 9.18 Å². The first-order valence-electron chi connectivity index (χ1n) is 5.97. The van der Waals surface area contributed by atoms with Gasteiger partial charge in [-0.1, -0.05) is 31.9 Å². The lowest BCUT2D eigenvalue weighted by molar-refractivity contribution is 0.0770. The number of hydrogen-bond acceptors (Lipinski definition) is 1. The highest BCUT2D eigenvalue weighted by Crippen LogP contribution is 2.13. The number of halogens is 1. The third-order valence-electron chi connectivity index (χ3n) is 2.98. The van der Waals surface area contributed by atoms with Gasteiger partial charge in [0, 0.05) is 13.6 Å². The van der Waals surface area contributed by atoms with Crippen LogP contribution < -0.4 is 0 Å². The van der Waals surface area contributed by atoms with E-state index in [1.165, 1.54) is 6.07 Å². The highest BCUT2D eigenvalue weighted by atomic mass is 19.1. The molecule has 94 valence electrons. The summed E-state index contributed by atoms with van der Waals surface area (Å²) < 4.78 is 13.6. The SMILES string of the molecule is CCC(C)CN(C)C(=O)c1cc(C)ccc1F. The molecule has 0 aliphatic heterocycles. The van der Waals surface area contributed by atoms with E-state index in [2.05, 4.69) is 13.8 Å². The lowest BCUT2D eigenvalue weighted by Gasteiger charge is -2.21. The van der Waals surface area contributed by atoms with E-state index in [-0.39, 0.29) is 11.5 Å². The van der Waals surface area contributed by atoms with Crippen molar-refractivity contribution in [3.05, 3.63) is 35.1 Å². The van der Waals surface area contributed by atoms with Crippen molar-refractivity contribution >= 4 is 5.91 Å². The molecule has 0 spiro atoms. The van der Waals surface area contributed by atoms with Crippen LogP contribution in [0.3, 0.4) is 0 Å². The Morgan fingerprint density at radius 3 is 2.71 bits per heavy atom. The molecule has 1 aromatic rings. The first-order chi connectivity index (χ1) is 7.95. The molecule has 17 heavy (non-hydrogen) atoms. The zero-order valence-electron chi connectivity index (χ0n) is 11.0. The van der Waals surface area contributed by atoms with Gasteiger partial charge in [-0.3, -0.25) is 4.79 Å². The Balaban J connectivity index is 2.85. The summed E-state index contributed by atoms with van der Waals surface area (Å²) in [5.74, 6) is -0.264. The van der Waals surface area contributed by atoms with Gasteiger partial charge in [0.15, 0.2) is 0 Å². The van der Waals surface area contributed by atoms with Crippen LogP contribution in [0.5, 0.6) is 0 Å². The predicted octanol–water partition coefficient (Wildman–Crippen LogP) is 3.25. The van der Waals surface area contributed by atoms with Crippen molar-refractivity contribution in [2.75, 3.05) is 13.6 Å². The lowest BCUT2D eigenvalue weighted by Crippen LogP contribution is -2.31. The van der Waals surface area contributed by atoms with Crippen molar-refractivity contribution in [1.82, 2.24) is 4.90 Å². The van der Waals surface area contributed by atoms with Crippen molar-refractivity contribution in [3.8, 4) is 0 Å². The normalized spacial score (nSPS) is 12.3. The van der Waals surface area contributed by atoms with E-state index in [0.717, 1.165) is 12.0 Å². The van der Waals surface area contributed by atoms with E-state index in [1.807, 2.05) is 6.92 Å². The maximum atomic E-state index is 13.6. The molecule has 0 aliphatic carbocycles. The Morgan fingerprint density at radius 2 is 2.12 bits per heavy atom. The first kappa shape index (κ1) is 13.7. The summed E-state index contributed by atoms with van der Waals surface area (Å²) >= 11 is 0. The molecule has 1 atom stereocenters. The molecule has 0 bridgehead atoms. The number of nitrogens with zero attached hydrogens (tertiary/aromatic N) is 1. The second kappa shape index (κ2) is 5.80. The van der Waals surface area contributed by atoms with E-state index < -0.39 is 5.82 Å². The van der Waals surface area contributed by atoms with E-state index in [0.29, 0.717) is 12.5 Å². The van der Waals surface area contributed by atoms with Crippen LogP contribution in [-0.2, 0) is 0 Å². The monoisotopic (exact) mass is 237 g/mol. The molecule has 0 heterocycles. The van der Waals surface area contributed by atoms with Gasteiger partial charge >= 0.3 is 0 Å². The first-order valence-corrected chi connectivity index (χ1v) is 5.97. The minimum absolute atomic E-state index is 0.163. The smallest absolute Gasteiger partial charge is 0.256 e. The molecule has 1 unspecified atom stereocenters. The van der Waals surface area contributed by atoms with Crippen molar-refractivity contribution in [2.24, 2.45) is 5.92 Å². The van der Waals surface area contributed by atoms with E-state index in [4.69, 9.17) is 0 Å². The van der Waals surface area contributed by atoms with Gasteiger partial charge in [-0.15, -0.1) is 0 Å². The fraction of sp³-hybridized carbons (Fsp3) is 0.500. The van der Waals surface area contributed by atoms with Crippen molar-refractivity contribution < 1.29 is 9.18 Å². The lowest BCUT2D eigenvalue weighted by atomic mass is 10.1. The standard InChI is InChI=1S/C14H20FNO/c1-5-10(2)9-16(4)14(17)12-8-11(3)6-7-13(12)15/h6-8,10H,5,9H2,1-4H3. The van der Waals surface area contributed by atoms with Gasteiger partial charge in [0.05, 0.1) is 5.56 Å². The minimum Gasteiger partial charge on any atom is -0.341 e. The third-order valence-corrected chi connectivity index (χ3v) is 2.98. The Bertz CT molecular complexity index is 403. The number of hydrogen-bond donors (Lipinski definition) is 0.